The fraction of sp³-hybridized carbons (Fsp3) is 0. The molecule has 3 aromatic carbocycles. The van der Waals surface area contributed by atoms with Crippen molar-refractivity contribution in [2.75, 3.05) is 10.0 Å². The van der Waals surface area contributed by atoms with E-state index in [1.807, 2.05) is 16.9 Å². The summed E-state index contributed by atoms with van der Waals surface area (Å²) in [5, 5.41) is 3.36. The molecule has 4 aromatic rings. The molecular formula is C21H14F3N3O3S. The number of rotatable bonds is 5. The van der Waals surface area contributed by atoms with Gasteiger partial charge in [0.2, 0.25) is 0 Å². The van der Waals surface area contributed by atoms with E-state index in [1.54, 1.807) is 18.2 Å². The van der Waals surface area contributed by atoms with E-state index in [9.17, 15) is 26.4 Å². The number of aromatic nitrogens is 1. The van der Waals surface area contributed by atoms with Crippen LogP contribution in [0.1, 0.15) is 10.5 Å². The number of H-pyrrole nitrogens is 1. The smallest absolute Gasteiger partial charge is 0.272 e. The van der Waals surface area contributed by atoms with E-state index in [1.165, 1.54) is 24.3 Å². The number of para-hydroxylation sites is 3. The molecule has 0 bridgehead atoms. The average Bonchev–Trinajstić information content (AvgIpc) is 3.12. The summed E-state index contributed by atoms with van der Waals surface area (Å²) in [6, 6.07) is 15.1. The third-order valence-corrected chi connectivity index (χ3v) is 5.84. The molecule has 4 rings (SSSR count). The van der Waals surface area contributed by atoms with Crippen LogP contribution >= 0.6 is 0 Å². The van der Waals surface area contributed by atoms with Crippen LogP contribution in [0, 0.1) is 17.5 Å². The number of benzene rings is 3. The molecule has 0 aliphatic carbocycles. The number of sulfonamides is 1. The van der Waals surface area contributed by atoms with Gasteiger partial charge >= 0.3 is 0 Å². The van der Waals surface area contributed by atoms with Crippen molar-refractivity contribution in [1.82, 2.24) is 4.98 Å². The number of hydrogen-bond acceptors (Lipinski definition) is 3. The number of fused-ring (bicyclic) bond motifs is 1. The molecule has 1 aromatic heterocycles. The molecule has 1 heterocycles. The summed E-state index contributed by atoms with van der Waals surface area (Å²) >= 11 is 0. The highest BCUT2D eigenvalue weighted by molar-refractivity contribution is 7.92. The van der Waals surface area contributed by atoms with Gasteiger partial charge in [0, 0.05) is 23.0 Å². The molecule has 0 spiro atoms. The molecule has 0 aliphatic rings. The summed E-state index contributed by atoms with van der Waals surface area (Å²) in [7, 11) is -4.76. The number of carbonyl (C=O) groups excluding carboxylic acids is 1. The maximum absolute atomic E-state index is 14.0. The van der Waals surface area contributed by atoms with Crippen LogP contribution in [0.2, 0.25) is 0 Å². The van der Waals surface area contributed by atoms with Crippen molar-refractivity contribution < 1.29 is 26.4 Å². The summed E-state index contributed by atoms with van der Waals surface area (Å²) in [5.74, 6) is -4.96. The van der Waals surface area contributed by atoms with Gasteiger partial charge in [-0.2, -0.15) is 0 Å². The minimum atomic E-state index is -4.76. The third-order valence-electron chi connectivity index (χ3n) is 4.43. The predicted molar refractivity (Wildman–Crippen MR) is 110 cm³/mol. The first-order chi connectivity index (χ1) is 14.7. The second-order valence-electron chi connectivity index (χ2n) is 6.57. The molecule has 0 aliphatic heterocycles. The number of aromatic amines is 1. The second kappa shape index (κ2) is 7.80. The molecule has 0 fully saturated rings. The normalized spacial score (nSPS) is 11.5. The lowest BCUT2D eigenvalue weighted by atomic mass is 10.2. The van der Waals surface area contributed by atoms with Gasteiger partial charge in [0.25, 0.3) is 15.9 Å². The second-order valence-corrected chi connectivity index (χ2v) is 8.19. The average molecular weight is 445 g/mol. The highest BCUT2D eigenvalue weighted by Crippen LogP contribution is 2.28. The predicted octanol–water partition coefficient (Wildman–Crippen LogP) is 4.64. The van der Waals surface area contributed by atoms with Crippen LogP contribution in [-0.2, 0) is 10.0 Å². The van der Waals surface area contributed by atoms with E-state index in [0.717, 1.165) is 10.9 Å². The number of nitrogens with one attached hydrogen (secondary N) is 3. The van der Waals surface area contributed by atoms with Gasteiger partial charge in [0.05, 0.1) is 11.4 Å². The van der Waals surface area contributed by atoms with Gasteiger partial charge in [-0.15, -0.1) is 0 Å². The lowest BCUT2D eigenvalue weighted by Crippen LogP contribution is -2.19. The van der Waals surface area contributed by atoms with Crippen molar-refractivity contribution in [3.05, 3.63) is 89.9 Å². The van der Waals surface area contributed by atoms with Crippen LogP contribution < -0.4 is 10.0 Å². The topological polar surface area (TPSA) is 91.1 Å². The summed E-state index contributed by atoms with van der Waals surface area (Å²) in [6.07, 6.45) is 0. The van der Waals surface area contributed by atoms with Crippen molar-refractivity contribution in [3.8, 4) is 0 Å². The van der Waals surface area contributed by atoms with Gasteiger partial charge in [-0.05, 0) is 24.3 Å². The van der Waals surface area contributed by atoms with Crippen molar-refractivity contribution in [2.45, 2.75) is 4.90 Å². The highest BCUT2D eigenvalue weighted by Gasteiger charge is 2.26. The summed E-state index contributed by atoms with van der Waals surface area (Å²) < 4.78 is 68.2. The fourth-order valence-corrected chi connectivity index (χ4v) is 4.25. The van der Waals surface area contributed by atoms with Crippen LogP contribution in [0.25, 0.3) is 10.9 Å². The highest BCUT2D eigenvalue weighted by atomic mass is 32.2. The Morgan fingerprint density at radius 3 is 2.13 bits per heavy atom. The quantitative estimate of drug-likeness (QED) is 0.418. The molecular weight excluding hydrogens is 431 g/mol. The number of amides is 1. The van der Waals surface area contributed by atoms with E-state index in [-0.39, 0.29) is 29.2 Å². The number of anilines is 2. The summed E-state index contributed by atoms with van der Waals surface area (Å²) in [5.41, 5.74) is 0.895. The Hall–Kier alpha value is -3.79. The molecule has 0 atom stereocenters. The molecule has 31 heavy (non-hydrogen) atoms. The number of hydrogen-bond donors (Lipinski definition) is 3. The molecule has 3 N–H and O–H groups in total. The van der Waals surface area contributed by atoms with Crippen molar-refractivity contribution in [1.29, 1.82) is 0 Å². The maximum atomic E-state index is 14.0. The fourth-order valence-electron chi connectivity index (χ4n) is 3.05. The zero-order valence-corrected chi connectivity index (χ0v) is 16.4. The first-order valence-corrected chi connectivity index (χ1v) is 10.4. The van der Waals surface area contributed by atoms with Gasteiger partial charge in [0.15, 0.2) is 4.90 Å². The van der Waals surface area contributed by atoms with Gasteiger partial charge in [0.1, 0.15) is 23.1 Å². The summed E-state index contributed by atoms with van der Waals surface area (Å²) in [4.78, 5) is 14.3. The van der Waals surface area contributed by atoms with Crippen molar-refractivity contribution in [2.24, 2.45) is 0 Å². The lowest BCUT2D eigenvalue weighted by Gasteiger charge is -2.14. The monoisotopic (exact) mass is 445 g/mol. The van der Waals surface area contributed by atoms with Gasteiger partial charge in [-0.25, -0.2) is 21.6 Å². The Kier molecular flexibility index (Phi) is 5.15. The number of halogens is 3. The van der Waals surface area contributed by atoms with E-state index < -0.39 is 38.3 Å². The zero-order valence-electron chi connectivity index (χ0n) is 15.6. The minimum Gasteiger partial charge on any atom is -0.351 e. The van der Waals surface area contributed by atoms with Crippen LogP contribution in [0.3, 0.4) is 0 Å². The number of carbonyl (C=O) groups is 1. The maximum Gasteiger partial charge on any atom is 0.272 e. The van der Waals surface area contributed by atoms with Crippen LogP contribution in [0.15, 0.2) is 71.6 Å². The molecule has 0 unspecified atom stereocenters. The first kappa shape index (κ1) is 20.5. The molecule has 0 saturated heterocycles. The zero-order chi connectivity index (χ0) is 22.2. The third kappa shape index (κ3) is 4.10. The van der Waals surface area contributed by atoms with Gasteiger partial charge in [-0.1, -0.05) is 30.3 Å². The van der Waals surface area contributed by atoms with Gasteiger partial charge < -0.3 is 10.3 Å². The molecule has 0 radical (unpaired) electrons. The van der Waals surface area contributed by atoms with Crippen LogP contribution in [0.5, 0.6) is 0 Å². The lowest BCUT2D eigenvalue weighted by molar-refractivity contribution is 0.102. The molecule has 6 nitrogen and oxygen atoms in total. The van der Waals surface area contributed by atoms with Crippen molar-refractivity contribution in [3.63, 3.8) is 0 Å². The van der Waals surface area contributed by atoms with Crippen LogP contribution in [-0.4, -0.2) is 19.3 Å². The van der Waals surface area contributed by atoms with E-state index >= 15 is 0 Å². The first-order valence-electron chi connectivity index (χ1n) is 8.90. The Balaban J connectivity index is 1.64. The molecule has 1 amide bonds. The Labute approximate surface area is 174 Å². The van der Waals surface area contributed by atoms with Crippen LogP contribution in [0.4, 0.5) is 24.5 Å². The Morgan fingerprint density at radius 1 is 0.839 bits per heavy atom. The van der Waals surface area contributed by atoms with Crippen molar-refractivity contribution >= 4 is 38.2 Å². The van der Waals surface area contributed by atoms with E-state index in [0.29, 0.717) is 0 Å². The largest absolute Gasteiger partial charge is 0.351 e. The van der Waals surface area contributed by atoms with E-state index in [2.05, 4.69) is 10.3 Å². The minimum absolute atomic E-state index is 0.0534. The van der Waals surface area contributed by atoms with Gasteiger partial charge in [-0.3, -0.25) is 9.52 Å². The standard InChI is InChI=1S/C21H14F3N3O3S/c22-13-10-14(23)20(15(24)11-13)31(29,30)27-18-8-4-3-7-17(18)26-21(28)19-9-12-5-1-2-6-16(12)25-19/h1-11,25,27H,(H,26,28). The molecule has 0 saturated carbocycles. The summed E-state index contributed by atoms with van der Waals surface area (Å²) in [6.45, 7) is 0. The molecule has 158 valence electrons. The SMILES string of the molecule is O=C(Nc1ccccc1NS(=O)(=O)c1c(F)cc(F)cc1F)c1cc2ccccc2[nH]1. The molecule has 10 heteroatoms. The van der Waals surface area contributed by atoms with E-state index in [4.69, 9.17) is 0 Å². The Bertz CT molecular complexity index is 1360. The Morgan fingerprint density at radius 2 is 1.45 bits per heavy atom.